The Bertz CT molecular complexity index is 943. The molecule has 2 atom stereocenters. The van der Waals surface area contributed by atoms with Crippen molar-refractivity contribution in [3.63, 3.8) is 0 Å². The Labute approximate surface area is 198 Å². The molecule has 0 spiro atoms. The Morgan fingerprint density at radius 3 is 2.94 bits per heavy atom. The zero-order chi connectivity index (χ0) is 23.8. The average molecular weight is 480 g/mol. The van der Waals surface area contributed by atoms with Crippen molar-refractivity contribution < 1.29 is 24.5 Å². The number of carbonyl (C=O) groups is 1. The van der Waals surface area contributed by atoms with E-state index in [4.69, 9.17) is 14.0 Å². The van der Waals surface area contributed by atoms with Crippen LogP contribution in [0.3, 0.4) is 0 Å². The number of amides is 1. The summed E-state index contributed by atoms with van der Waals surface area (Å²) in [5, 5.41) is 7.84. The quantitative estimate of drug-likeness (QED) is 0.254. The standard InChI is InChI=1S/C23H34N4O5S/c1-4-6-18(19-11-17(12-20(28)32-19)30-13-16-7-8-16)25-22(29)23(3)14-33-21(26-23)15(2)27-31-10-5-9-24/h11-12,16,18H,4-10,13-14,24H2,1-3H3,(H,25,29)/p+1/b27-15+/t18-,23+/m1/s1. The van der Waals surface area contributed by atoms with Crippen LogP contribution in [-0.2, 0) is 9.63 Å². The minimum absolute atomic E-state index is 0.221. The fourth-order valence-electron chi connectivity index (χ4n) is 3.26. The molecule has 0 radical (unpaired) electrons. The van der Waals surface area contributed by atoms with Crippen LogP contribution in [0.15, 0.2) is 31.5 Å². The molecule has 0 aromatic carbocycles. The maximum Gasteiger partial charge on any atom is 0.339 e. The highest BCUT2D eigenvalue weighted by Gasteiger charge is 2.40. The van der Waals surface area contributed by atoms with Crippen molar-refractivity contribution in [1.29, 1.82) is 0 Å². The second-order valence-corrected chi connectivity index (χ2v) is 9.74. The predicted octanol–water partition coefficient (Wildman–Crippen LogP) is 2.31. The lowest BCUT2D eigenvalue weighted by Gasteiger charge is -2.24. The highest BCUT2D eigenvalue weighted by Crippen LogP contribution is 2.32. The van der Waals surface area contributed by atoms with Gasteiger partial charge in [-0.15, -0.1) is 11.8 Å². The molecule has 0 saturated heterocycles. The van der Waals surface area contributed by atoms with Gasteiger partial charge in [-0.25, -0.2) is 4.79 Å². The number of carbonyl (C=O) groups excluding carboxylic acids is 1. The molecular weight excluding hydrogens is 444 g/mol. The van der Waals surface area contributed by atoms with Gasteiger partial charge in [0.1, 0.15) is 34.4 Å². The molecule has 2 aliphatic rings. The van der Waals surface area contributed by atoms with Gasteiger partial charge in [0.25, 0.3) is 0 Å². The average Bonchev–Trinajstić information content (AvgIpc) is 3.53. The van der Waals surface area contributed by atoms with E-state index in [1.165, 1.54) is 17.8 Å². The smallest absolute Gasteiger partial charge is 0.339 e. The first kappa shape index (κ1) is 25.3. The zero-order valence-corrected chi connectivity index (χ0v) is 20.5. The van der Waals surface area contributed by atoms with Crippen molar-refractivity contribution in [3.8, 4) is 5.75 Å². The van der Waals surface area contributed by atoms with Crippen LogP contribution >= 0.6 is 11.8 Å². The van der Waals surface area contributed by atoms with Gasteiger partial charge in [0.2, 0.25) is 5.91 Å². The van der Waals surface area contributed by atoms with Gasteiger partial charge in [0, 0.05) is 18.2 Å². The van der Waals surface area contributed by atoms with Gasteiger partial charge in [-0.1, -0.05) is 18.5 Å². The van der Waals surface area contributed by atoms with E-state index in [9.17, 15) is 9.59 Å². The molecule has 9 nitrogen and oxygen atoms in total. The van der Waals surface area contributed by atoms with Gasteiger partial charge in [0.15, 0.2) is 0 Å². The fourth-order valence-corrected chi connectivity index (χ4v) is 4.39. The minimum atomic E-state index is -0.948. The number of thioether (sulfide) groups is 1. The van der Waals surface area contributed by atoms with Gasteiger partial charge in [0.05, 0.1) is 25.3 Å². The molecule has 2 heterocycles. The molecule has 10 heteroatoms. The molecule has 1 amide bonds. The number of aliphatic imine (C=N–C) groups is 1. The SMILES string of the molecule is CCC[C@@H](NC(=O)[C@]1(C)CSC(/C(C)=N/OCCC[NH3+])=N1)c1cc(OCC2CC2)cc(=O)o1. The maximum absolute atomic E-state index is 13.2. The lowest BCUT2D eigenvalue weighted by atomic mass is 10.0. The van der Waals surface area contributed by atoms with E-state index in [1.54, 1.807) is 13.0 Å². The third kappa shape index (κ3) is 7.33. The lowest BCUT2D eigenvalue weighted by Crippen LogP contribution is -2.50. The minimum Gasteiger partial charge on any atom is -0.493 e. The molecule has 4 N–H and O–H groups in total. The molecule has 1 aliphatic carbocycles. The molecule has 1 saturated carbocycles. The highest BCUT2D eigenvalue weighted by atomic mass is 32.2. The van der Waals surface area contributed by atoms with Crippen LogP contribution in [0.5, 0.6) is 5.75 Å². The summed E-state index contributed by atoms with van der Waals surface area (Å²) in [7, 11) is 0. The summed E-state index contributed by atoms with van der Waals surface area (Å²) in [6.45, 7) is 7.53. The van der Waals surface area contributed by atoms with Crippen LogP contribution in [0.1, 0.15) is 64.7 Å². The molecule has 1 aliphatic heterocycles. The number of hydrogen-bond donors (Lipinski definition) is 2. The van der Waals surface area contributed by atoms with Crippen molar-refractivity contribution in [2.24, 2.45) is 16.1 Å². The highest BCUT2D eigenvalue weighted by molar-refractivity contribution is 8.16. The summed E-state index contributed by atoms with van der Waals surface area (Å²) in [4.78, 5) is 35.3. The summed E-state index contributed by atoms with van der Waals surface area (Å²) in [6.07, 6.45) is 4.58. The Morgan fingerprint density at radius 2 is 2.24 bits per heavy atom. The van der Waals surface area contributed by atoms with Crippen LogP contribution < -0.4 is 21.4 Å². The van der Waals surface area contributed by atoms with Crippen LogP contribution in [0, 0.1) is 5.92 Å². The number of quaternary nitrogens is 1. The van der Waals surface area contributed by atoms with E-state index in [-0.39, 0.29) is 5.91 Å². The first-order chi connectivity index (χ1) is 15.8. The van der Waals surface area contributed by atoms with Crippen LogP contribution in [0.25, 0.3) is 0 Å². The van der Waals surface area contributed by atoms with E-state index in [1.807, 2.05) is 13.8 Å². The first-order valence-electron chi connectivity index (χ1n) is 11.6. The van der Waals surface area contributed by atoms with Crippen molar-refractivity contribution in [3.05, 3.63) is 28.3 Å². The second kappa shape index (κ2) is 11.7. The number of nitrogens with one attached hydrogen (secondary N) is 1. The van der Waals surface area contributed by atoms with E-state index in [0.29, 0.717) is 53.6 Å². The normalized spacial score (nSPS) is 21.5. The van der Waals surface area contributed by atoms with E-state index in [0.717, 1.165) is 32.2 Å². The number of rotatable bonds is 13. The topological polar surface area (TPSA) is 130 Å². The maximum atomic E-state index is 13.2. The zero-order valence-electron chi connectivity index (χ0n) is 19.7. The van der Waals surface area contributed by atoms with E-state index >= 15 is 0 Å². The Balaban J connectivity index is 1.69. The van der Waals surface area contributed by atoms with E-state index in [2.05, 4.69) is 21.2 Å². The summed E-state index contributed by atoms with van der Waals surface area (Å²) in [5.41, 5.74) is 2.99. The number of ether oxygens (including phenoxy) is 1. The van der Waals surface area contributed by atoms with E-state index < -0.39 is 17.2 Å². The van der Waals surface area contributed by atoms with Crippen LogP contribution in [0.4, 0.5) is 0 Å². The largest absolute Gasteiger partial charge is 0.493 e. The third-order valence-electron chi connectivity index (χ3n) is 5.50. The van der Waals surface area contributed by atoms with Gasteiger partial charge >= 0.3 is 5.63 Å². The molecule has 3 rings (SSSR count). The monoisotopic (exact) mass is 479 g/mol. The molecule has 1 aromatic rings. The van der Waals surface area contributed by atoms with Gasteiger partial charge < -0.3 is 25.0 Å². The molecular formula is C23H35N4O5S+. The number of hydrogen-bond acceptors (Lipinski definition) is 8. The van der Waals surface area contributed by atoms with Crippen LogP contribution in [-0.4, -0.2) is 47.7 Å². The number of oxime groups is 1. The lowest BCUT2D eigenvalue weighted by molar-refractivity contribution is -0.369. The summed E-state index contributed by atoms with van der Waals surface area (Å²) >= 11 is 1.48. The Morgan fingerprint density at radius 1 is 1.45 bits per heavy atom. The molecule has 33 heavy (non-hydrogen) atoms. The van der Waals surface area contributed by atoms with Crippen molar-refractivity contribution in [2.45, 2.75) is 64.5 Å². The summed E-state index contributed by atoms with van der Waals surface area (Å²) < 4.78 is 11.2. The third-order valence-corrected chi connectivity index (χ3v) is 6.86. The Kier molecular flexibility index (Phi) is 8.96. The van der Waals surface area contributed by atoms with Gasteiger partial charge in [-0.3, -0.25) is 9.79 Å². The second-order valence-electron chi connectivity index (χ2n) is 8.78. The van der Waals surface area contributed by atoms with Gasteiger partial charge in [-0.05, 0) is 39.0 Å². The van der Waals surface area contributed by atoms with Crippen molar-refractivity contribution in [1.82, 2.24) is 5.32 Å². The Hall–Kier alpha value is -2.33. The van der Waals surface area contributed by atoms with Gasteiger partial charge in [-0.2, -0.15) is 0 Å². The molecule has 1 fully saturated rings. The fraction of sp³-hybridized carbons (Fsp3) is 0.652. The predicted molar refractivity (Wildman–Crippen MR) is 129 cm³/mol. The van der Waals surface area contributed by atoms with Crippen molar-refractivity contribution in [2.75, 3.05) is 25.5 Å². The summed E-state index contributed by atoms with van der Waals surface area (Å²) in [5.74, 6) is 1.73. The summed E-state index contributed by atoms with van der Waals surface area (Å²) in [6, 6.07) is 2.62. The molecule has 0 bridgehead atoms. The van der Waals surface area contributed by atoms with Crippen molar-refractivity contribution >= 4 is 28.4 Å². The van der Waals surface area contributed by atoms with Crippen LogP contribution in [0.2, 0.25) is 0 Å². The molecule has 182 valence electrons. The molecule has 0 unspecified atom stereocenters. The number of nitrogens with zero attached hydrogens (tertiary/aromatic N) is 2. The first-order valence-corrected chi connectivity index (χ1v) is 12.6. The molecule has 1 aromatic heterocycles.